The molecule has 1 atom stereocenters. The zero-order chi connectivity index (χ0) is 12.3. The molecule has 0 amide bonds. The standard InChI is InChI=1S/C12H22N4S/c1-9(2)6-11-14-12(16(3)15-11)7-10-8-17-5-4-13-10/h9-10,13H,4-8H2,1-3H3. The third-order valence-corrected chi connectivity index (χ3v) is 4.05. The van der Waals surface area contributed by atoms with Crippen molar-refractivity contribution in [1.82, 2.24) is 20.1 Å². The van der Waals surface area contributed by atoms with Crippen molar-refractivity contribution in [2.24, 2.45) is 13.0 Å². The summed E-state index contributed by atoms with van der Waals surface area (Å²) < 4.78 is 1.94. The van der Waals surface area contributed by atoms with E-state index in [-0.39, 0.29) is 0 Å². The number of nitrogens with one attached hydrogen (secondary N) is 1. The van der Waals surface area contributed by atoms with Crippen LogP contribution in [-0.4, -0.2) is 38.9 Å². The summed E-state index contributed by atoms with van der Waals surface area (Å²) in [5.74, 6) is 5.13. The van der Waals surface area contributed by atoms with Crippen molar-refractivity contribution in [2.75, 3.05) is 18.1 Å². The topological polar surface area (TPSA) is 42.7 Å². The molecule has 5 heteroatoms. The minimum absolute atomic E-state index is 0.559. The number of hydrogen-bond donors (Lipinski definition) is 1. The van der Waals surface area contributed by atoms with Gasteiger partial charge in [0.15, 0.2) is 5.82 Å². The normalized spacial score (nSPS) is 21.1. The monoisotopic (exact) mass is 254 g/mol. The van der Waals surface area contributed by atoms with E-state index in [1.165, 1.54) is 11.5 Å². The molecular weight excluding hydrogens is 232 g/mol. The van der Waals surface area contributed by atoms with Gasteiger partial charge in [0.25, 0.3) is 0 Å². The van der Waals surface area contributed by atoms with E-state index in [9.17, 15) is 0 Å². The summed E-state index contributed by atoms with van der Waals surface area (Å²) in [6, 6.07) is 0.559. The average Bonchev–Trinajstić information content (AvgIpc) is 2.59. The maximum absolute atomic E-state index is 4.65. The molecule has 0 bridgehead atoms. The number of aryl methyl sites for hydroxylation is 1. The van der Waals surface area contributed by atoms with Gasteiger partial charge in [0.1, 0.15) is 5.82 Å². The molecule has 1 aliphatic heterocycles. The molecule has 1 saturated heterocycles. The molecule has 0 aliphatic carbocycles. The lowest BCUT2D eigenvalue weighted by atomic mass is 10.1. The fraction of sp³-hybridized carbons (Fsp3) is 0.833. The van der Waals surface area contributed by atoms with Gasteiger partial charge in [0, 0.05) is 44.0 Å². The molecular formula is C12H22N4S. The van der Waals surface area contributed by atoms with Crippen molar-refractivity contribution >= 4 is 11.8 Å². The van der Waals surface area contributed by atoms with E-state index >= 15 is 0 Å². The molecule has 1 unspecified atom stereocenters. The van der Waals surface area contributed by atoms with Crippen LogP contribution in [0.4, 0.5) is 0 Å². The Kier molecular flexibility index (Phi) is 4.45. The predicted molar refractivity (Wildman–Crippen MR) is 72.4 cm³/mol. The molecule has 17 heavy (non-hydrogen) atoms. The summed E-state index contributed by atoms with van der Waals surface area (Å²) in [5, 5.41) is 8.03. The minimum Gasteiger partial charge on any atom is -0.312 e. The maximum Gasteiger partial charge on any atom is 0.151 e. The van der Waals surface area contributed by atoms with Gasteiger partial charge in [-0.2, -0.15) is 16.9 Å². The van der Waals surface area contributed by atoms with E-state index in [1.54, 1.807) is 0 Å². The zero-order valence-electron chi connectivity index (χ0n) is 10.9. The molecule has 1 fully saturated rings. The molecule has 2 heterocycles. The molecule has 96 valence electrons. The number of aromatic nitrogens is 3. The highest BCUT2D eigenvalue weighted by Crippen LogP contribution is 2.12. The van der Waals surface area contributed by atoms with Crippen molar-refractivity contribution in [3.63, 3.8) is 0 Å². The molecule has 0 saturated carbocycles. The van der Waals surface area contributed by atoms with Gasteiger partial charge in [-0.05, 0) is 5.92 Å². The highest BCUT2D eigenvalue weighted by molar-refractivity contribution is 7.99. The van der Waals surface area contributed by atoms with E-state index < -0.39 is 0 Å². The Bertz CT molecular complexity index is 355. The van der Waals surface area contributed by atoms with E-state index in [2.05, 4.69) is 29.2 Å². The predicted octanol–water partition coefficient (Wildman–Crippen LogP) is 1.26. The molecule has 0 radical (unpaired) electrons. The highest BCUT2D eigenvalue weighted by atomic mass is 32.2. The summed E-state index contributed by atoms with van der Waals surface area (Å²) in [6.45, 7) is 5.52. The lowest BCUT2D eigenvalue weighted by Crippen LogP contribution is -2.39. The second-order valence-corrected chi connectivity index (χ2v) is 6.25. The summed E-state index contributed by atoms with van der Waals surface area (Å²) in [6.07, 6.45) is 1.97. The Balaban J connectivity index is 1.97. The second-order valence-electron chi connectivity index (χ2n) is 5.10. The Morgan fingerprint density at radius 3 is 3.00 bits per heavy atom. The highest BCUT2D eigenvalue weighted by Gasteiger charge is 2.17. The van der Waals surface area contributed by atoms with Crippen LogP contribution in [0.25, 0.3) is 0 Å². The minimum atomic E-state index is 0.559. The lowest BCUT2D eigenvalue weighted by molar-refractivity contribution is 0.534. The fourth-order valence-corrected chi connectivity index (χ4v) is 3.02. The van der Waals surface area contributed by atoms with Crippen LogP contribution in [0.2, 0.25) is 0 Å². The summed E-state index contributed by atoms with van der Waals surface area (Å²) in [4.78, 5) is 4.65. The molecule has 1 aliphatic rings. The van der Waals surface area contributed by atoms with Crippen molar-refractivity contribution in [3.8, 4) is 0 Å². The van der Waals surface area contributed by atoms with Gasteiger partial charge in [-0.25, -0.2) is 4.98 Å². The van der Waals surface area contributed by atoms with Crippen LogP contribution in [0, 0.1) is 5.92 Å². The van der Waals surface area contributed by atoms with Gasteiger partial charge in [0.05, 0.1) is 0 Å². The van der Waals surface area contributed by atoms with Gasteiger partial charge in [-0.3, -0.25) is 4.68 Å². The first-order valence-electron chi connectivity index (χ1n) is 6.35. The van der Waals surface area contributed by atoms with E-state index in [4.69, 9.17) is 0 Å². The van der Waals surface area contributed by atoms with Gasteiger partial charge in [-0.15, -0.1) is 0 Å². The average molecular weight is 254 g/mol. The quantitative estimate of drug-likeness (QED) is 0.878. The summed E-state index contributed by atoms with van der Waals surface area (Å²) >= 11 is 2.03. The Labute approximate surface area is 108 Å². The summed E-state index contributed by atoms with van der Waals surface area (Å²) in [5.41, 5.74) is 0. The van der Waals surface area contributed by atoms with E-state index in [0.717, 1.165) is 31.0 Å². The van der Waals surface area contributed by atoms with Crippen molar-refractivity contribution in [1.29, 1.82) is 0 Å². The van der Waals surface area contributed by atoms with Crippen LogP contribution in [-0.2, 0) is 19.9 Å². The molecule has 4 nitrogen and oxygen atoms in total. The SMILES string of the molecule is CC(C)Cc1nc(CC2CSCCN2)n(C)n1. The van der Waals surface area contributed by atoms with Crippen molar-refractivity contribution in [2.45, 2.75) is 32.7 Å². The van der Waals surface area contributed by atoms with Gasteiger partial charge >= 0.3 is 0 Å². The summed E-state index contributed by atoms with van der Waals surface area (Å²) in [7, 11) is 2.00. The lowest BCUT2D eigenvalue weighted by Gasteiger charge is -2.22. The fourth-order valence-electron chi connectivity index (χ4n) is 2.08. The first kappa shape index (κ1) is 12.9. The molecule has 1 N–H and O–H groups in total. The molecule has 0 aromatic carbocycles. The first-order valence-corrected chi connectivity index (χ1v) is 7.50. The zero-order valence-corrected chi connectivity index (χ0v) is 11.8. The van der Waals surface area contributed by atoms with Crippen LogP contribution in [0.5, 0.6) is 0 Å². The number of thioether (sulfide) groups is 1. The van der Waals surface area contributed by atoms with Crippen molar-refractivity contribution in [3.05, 3.63) is 11.6 Å². The van der Waals surface area contributed by atoms with Crippen LogP contribution in [0.15, 0.2) is 0 Å². The molecule has 1 aromatic rings. The van der Waals surface area contributed by atoms with Crippen LogP contribution >= 0.6 is 11.8 Å². The van der Waals surface area contributed by atoms with Gasteiger partial charge in [0.2, 0.25) is 0 Å². The van der Waals surface area contributed by atoms with Gasteiger partial charge < -0.3 is 5.32 Å². The number of rotatable bonds is 4. The third-order valence-electron chi connectivity index (χ3n) is 2.92. The Morgan fingerprint density at radius 2 is 2.35 bits per heavy atom. The van der Waals surface area contributed by atoms with Crippen LogP contribution in [0.1, 0.15) is 25.5 Å². The van der Waals surface area contributed by atoms with E-state index in [0.29, 0.717) is 12.0 Å². The largest absolute Gasteiger partial charge is 0.312 e. The Hall–Kier alpha value is -0.550. The number of nitrogens with zero attached hydrogens (tertiary/aromatic N) is 3. The van der Waals surface area contributed by atoms with E-state index in [1.807, 2.05) is 23.5 Å². The van der Waals surface area contributed by atoms with Crippen LogP contribution in [0.3, 0.4) is 0 Å². The van der Waals surface area contributed by atoms with Crippen LogP contribution < -0.4 is 5.32 Å². The maximum atomic E-state index is 4.65. The number of hydrogen-bond acceptors (Lipinski definition) is 4. The molecule has 1 aromatic heterocycles. The smallest absolute Gasteiger partial charge is 0.151 e. The van der Waals surface area contributed by atoms with Gasteiger partial charge in [-0.1, -0.05) is 13.8 Å². The first-order chi connectivity index (χ1) is 8.15. The Morgan fingerprint density at radius 1 is 1.53 bits per heavy atom. The second kappa shape index (κ2) is 5.87. The molecule has 0 spiro atoms. The van der Waals surface area contributed by atoms with Crippen molar-refractivity contribution < 1.29 is 0 Å². The third kappa shape index (κ3) is 3.71. The molecule has 2 rings (SSSR count).